The van der Waals surface area contributed by atoms with E-state index in [1.165, 1.54) is 0 Å². The van der Waals surface area contributed by atoms with E-state index in [4.69, 9.17) is 5.73 Å². The highest BCUT2D eigenvalue weighted by atomic mass is 16.1. The Morgan fingerprint density at radius 1 is 1.35 bits per heavy atom. The fourth-order valence-corrected chi connectivity index (χ4v) is 2.32. The number of aromatic nitrogens is 3. The first kappa shape index (κ1) is 14.2. The SMILES string of the molecule is CNC(Cn1nc(C)nc1C)(C(N)=O)c1ccccc1. The Kier molecular flexibility index (Phi) is 3.85. The summed E-state index contributed by atoms with van der Waals surface area (Å²) in [5.41, 5.74) is 5.46. The van der Waals surface area contributed by atoms with Gasteiger partial charge in [0.15, 0.2) is 0 Å². The molecule has 0 fully saturated rings. The number of carbonyl (C=O) groups excluding carboxylic acids is 1. The molecule has 0 saturated heterocycles. The molecule has 0 bridgehead atoms. The van der Waals surface area contributed by atoms with Crippen LogP contribution in [0.15, 0.2) is 30.3 Å². The molecule has 20 heavy (non-hydrogen) atoms. The number of rotatable bonds is 5. The lowest BCUT2D eigenvalue weighted by atomic mass is 9.89. The van der Waals surface area contributed by atoms with Crippen LogP contribution in [0.5, 0.6) is 0 Å². The highest BCUT2D eigenvalue weighted by molar-refractivity contribution is 5.86. The largest absolute Gasteiger partial charge is 0.368 e. The first-order chi connectivity index (χ1) is 9.49. The van der Waals surface area contributed by atoms with Crippen LogP contribution in [0.2, 0.25) is 0 Å². The Balaban J connectivity index is 2.48. The van der Waals surface area contributed by atoms with Crippen LogP contribution < -0.4 is 11.1 Å². The van der Waals surface area contributed by atoms with Crippen LogP contribution in [0.4, 0.5) is 0 Å². The molecule has 1 unspecified atom stereocenters. The van der Waals surface area contributed by atoms with Gasteiger partial charge in [-0.15, -0.1) is 0 Å². The van der Waals surface area contributed by atoms with Gasteiger partial charge < -0.3 is 11.1 Å². The maximum Gasteiger partial charge on any atom is 0.244 e. The smallest absolute Gasteiger partial charge is 0.244 e. The van der Waals surface area contributed by atoms with Crippen molar-refractivity contribution < 1.29 is 4.79 Å². The lowest BCUT2D eigenvalue weighted by Crippen LogP contribution is -2.54. The number of likely N-dealkylation sites (N-methyl/N-ethyl adjacent to an activating group) is 1. The normalized spacial score (nSPS) is 13.9. The van der Waals surface area contributed by atoms with E-state index >= 15 is 0 Å². The van der Waals surface area contributed by atoms with Gasteiger partial charge >= 0.3 is 0 Å². The zero-order chi connectivity index (χ0) is 14.8. The predicted octanol–water partition coefficient (Wildman–Crippen LogP) is 0.495. The number of nitrogens with two attached hydrogens (primary N) is 1. The van der Waals surface area contributed by atoms with E-state index in [1.807, 2.05) is 44.2 Å². The third kappa shape index (κ3) is 2.42. The van der Waals surface area contributed by atoms with Gasteiger partial charge in [-0.05, 0) is 26.5 Å². The standard InChI is InChI=1S/C14H19N5O/c1-10-17-11(2)19(18-10)9-14(16-3,13(15)20)12-7-5-4-6-8-12/h4-8,16H,9H2,1-3H3,(H2,15,20). The molecule has 0 saturated carbocycles. The van der Waals surface area contributed by atoms with Crippen LogP contribution in [-0.2, 0) is 16.9 Å². The molecule has 0 aliphatic carbocycles. The Bertz CT molecular complexity index is 607. The molecule has 2 rings (SSSR count). The molecule has 6 nitrogen and oxygen atoms in total. The van der Waals surface area contributed by atoms with Gasteiger partial charge in [0.05, 0.1) is 6.54 Å². The molecule has 0 radical (unpaired) electrons. The molecule has 1 aromatic carbocycles. The van der Waals surface area contributed by atoms with Crippen molar-refractivity contribution in [3.8, 4) is 0 Å². The molecular formula is C14H19N5O. The highest BCUT2D eigenvalue weighted by Gasteiger charge is 2.38. The number of aryl methyl sites for hydroxylation is 2. The second kappa shape index (κ2) is 5.42. The number of amides is 1. The van der Waals surface area contributed by atoms with Gasteiger partial charge in [-0.3, -0.25) is 4.79 Å². The summed E-state index contributed by atoms with van der Waals surface area (Å²) in [5.74, 6) is 0.975. The van der Waals surface area contributed by atoms with Gasteiger partial charge in [0.2, 0.25) is 5.91 Å². The fraction of sp³-hybridized carbons (Fsp3) is 0.357. The van der Waals surface area contributed by atoms with E-state index in [9.17, 15) is 4.79 Å². The number of hydrogen-bond acceptors (Lipinski definition) is 4. The minimum atomic E-state index is -1.01. The second-order valence-electron chi connectivity index (χ2n) is 4.75. The molecule has 1 atom stereocenters. The molecule has 0 aliphatic heterocycles. The summed E-state index contributed by atoms with van der Waals surface area (Å²) in [6, 6.07) is 9.41. The summed E-state index contributed by atoms with van der Waals surface area (Å²) in [6.07, 6.45) is 0. The van der Waals surface area contributed by atoms with E-state index < -0.39 is 11.4 Å². The van der Waals surface area contributed by atoms with Crippen molar-refractivity contribution in [2.45, 2.75) is 25.9 Å². The Labute approximate surface area is 118 Å². The average Bonchev–Trinajstić information content (AvgIpc) is 2.74. The minimum Gasteiger partial charge on any atom is -0.368 e. The lowest BCUT2D eigenvalue weighted by Gasteiger charge is -2.30. The van der Waals surface area contributed by atoms with Crippen LogP contribution in [-0.4, -0.2) is 27.7 Å². The van der Waals surface area contributed by atoms with Crippen molar-refractivity contribution in [2.24, 2.45) is 5.73 Å². The van der Waals surface area contributed by atoms with Gasteiger partial charge in [-0.1, -0.05) is 30.3 Å². The first-order valence-electron chi connectivity index (χ1n) is 6.42. The van der Waals surface area contributed by atoms with E-state index in [1.54, 1.807) is 11.7 Å². The number of carbonyl (C=O) groups is 1. The van der Waals surface area contributed by atoms with Crippen molar-refractivity contribution in [3.05, 3.63) is 47.5 Å². The van der Waals surface area contributed by atoms with E-state index in [0.29, 0.717) is 12.4 Å². The van der Waals surface area contributed by atoms with Crippen LogP contribution in [0.25, 0.3) is 0 Å². The monoisotopic (exact) mass is 273 g/mol. The predicted molar refractivity (Wildman–Crippen MR) is 75.9 cm³/mol. The van der Waals surface area contributed by atoms with E-state index in [2.05, 4.69) is 15.4 Å². The number of hydrogen-bond donors (Lipinski definition) is 2. The number of nitrogens with one attached hydrogen (secondary N) is 1. The number of benzene rings is 1. The van der Waals surface area contributed by atoms with Gasteiger partial charge in [-0.25, -0.2) is 9.67 Å². The third-order valence-electron chi connectivity index (χ3n) is 3.46. The zero-order valence-corrected chi connectivity index (χ0v) is 11.9. The van der Waals surface area contributed by atoms with Crippen LogP contribution in [0.3, 0.4) is 0 Å². The van der Waals surface area contributed by atoms with Gasteiger partial charge in [0.25, 0.3) is 0 Å². The lowest BCUT2D eigenvalue weighted by molar-refractivity contribution is -0.125. The summed E-state index contributed by atoms with van der Waals surface area (Å²) in [6.45, 7) is 3.97. The molecule has 3 N–H and O–H groups in total. The Morgan fingerprint density at radius 3 is 2.45 bits per heavy atom. The van der Waals surface area contributed by atoms with Crippen molar-refractivity contribution in [1.82, 2.24) is 20.1 Å². The molecular weight excluding hydrogens is 254 g/mol. The topological polar surface area (TPSA) is 85.8 Å². The fourth-order valence-electron chi connectivity index (χ4n) is 2.32. The molecule has 1 aromatic heterocycles. The van der Waals surface area contributed by atoms with Gasteiger partial charge in [0.1, 0.15) is 17.2 Å². The molecule has 6 heteroatoms. The van der Waals surface area contributed by atoms with Crippen molar-refractivity contribution in [1.29, 1.82) is 0 Å². The van der Waals surface area contributed by atoms with Crippen LogP contribution in [0, 0.1) is 13.8 Å². The van der Waals surface area contributed by atoms with Crippen LogP contribution >= 0.6 is 0 Å². The Hall–Kier alpha value is -2.21. The maximum atomic E-state index is 12.1. The van der Waals surface area contributed by atoms with E-state index in [-0.39, 0.29) is 0 Å². The summed E-state index contributed by atoms with van der Waals surface area (Å²) in [4.78, 5) is 16.3. The molecule has 1 amide bonds. The first-order valence-corrected chi connectivity index (χ1v) is 6.42. The highest BCUT2D eigenvalue weighted by Crippen LogP contribution is 2.23. The minimum absolute atomic E-state index is 0.301. The zero-order valence-electron chi connectivity index (χ0n) is 11.9. The summed E-state index contributed by atoms with van der Waals surface area (Å²) >= 11 is 0. The van der Waals surface area contributed by atoms with Gasteiger partial charge in [0, 0.05) is 0 Å². The van der Waals surface area contributed by atoms with Crippen molar-refractivity contribution in [3.63, 3.8) is 0 Å². The summed E-state index contributed by atoms with van der Waals surface area (Å²) in [7, 11) is 1.72. The maximum absolute atomic E-state index is 12.1. The number of nitrogens with zero attached hydrogens (tertiary/aromatic N) is 3. The molecule has 0 aliphatic rings. The molecule has 106 valence electrons. The molecule has 2 aromatic rings. The van der Waals surface area contributed by atoms with E-state index in [0.717, 1.165) is 11.4 Å². The Morgan fingerprint density at radius 2 is 2.00 bits per heavy atom. The summed E-state index contributed by atoms with van der Waals surface area (Å²) in [5, 5.41) is 7.36. The van der Waals surface area contributed by atoms with Gasteiger partial charge in [-0.2, -0.15) is 5.10 Å². The second-order valence-corrected chi connectivity index (χ2v) is 4.75. The number of primary amides is 1. The molecule has 1 heterocycles. The van der Waals surface area contributed by atoms with Crippen molar-refractivity contribution >= 4 is 5.91 Å². The summed E-state index contributed by atoms with van der Waals surface area (Å²) < 4.78 is 1.70. The quantitative estimate of drug-likeness (QED) is 0.830. The average molecular weight is 273 g/mol. The van der Waals surface area contributed by atoms with Crippen LogP contribution in [0.1, 0.15) is 17.2 Å². The van der Waals surface area contributed by atoms with Crippen molar-refractivity contribution in [2.75, 3.05) is 7.05 Å². The molecule has 0 spiro atoms. The third-order valence-corrected chi connectivity index (χ3v) is 3.46.